The van der Waals surface area contributed by atoms with Crippen molar-refractivity contribution in [1.82, 2.24) is 4.98 Å². The highest BCUT2D eigenvalue weighted by molar-refractivity contribution is 5.95. The number of ether oxygens (including phenoxy) is 1. The van der Waals surface area contributed by atoms with Gasteiger partial charge in [0, 0.05) is 24.4 Å². The van der Waals surface area contributed by atoms with Gasteiger partial charge in [0.1, 0.15) is 17.6 Å². The van der Waals surface area contributed by atoms with E-state index < -0.39 is 0 Å². The molecule has 1 heterocycles. The number of nitrogens with one attached hydrogen (secondary N) is 1. The Labute approximate surface area is 156 Å². The average molecular weight is 361 g/mol. The highest BCUT2D eigenvalue weighted by Crippen LogP contribution is 2.21. The SMILES string of the molecule is CC(=O)c1ccc(C#N)c(NCc2ccc(Oc3ccc(F)cc3)nc2)c1. The van der Waals surface area contributed by atoms with Crippen molar-refractivity contribution in [2.45, 2.75) is 13.5 Å². The average Bonchev–Trinajstić information content (AvgIpc) is 2.69. The fraction of sp³-hybridized carbons (Fsp3) is 0.0952. The molecule has 0 saturated heterocycles. The van der Waals surface area contributed by atoms with Crippen LogP contribution in [0.1, 0.15) is 28.4 Å². The van der Waals surface area contributed by atoms with E-state index in [4.69, 9.17) is 4.74 Å². The highest BCUT2D eigenvalue weighted by Gasteiger charge is 2.07. The number of hydrogen-bond donors (Lipinski definition) is 1. The van der Waals surface area contributed by atoms with Gasteiger partial charge >= 0.3 is 0 Å². The molecule has 5 nitrogen and oxygen atoms in total. The van der Waals surface area contributed by atoms with Crippen molar-refractivity contribution in [3.63, 3.8) is 0 Å². The van der Waals surface area contributed by atoms with Crippen molar-refractivity contribution in [3.05, 3.63) is 83.3 Å². The third-order valence-electron chi connectivity index (χ3n) is 3.86. The summed E-state index contributed by atoms with van der Waals surface area (Å²) >= 11 is 0. The van der Waals surface area contributed by atoms with Crippen LogP contribution in [0.25, 0.3) is 0 Å². The molecule has 0 radical (unpaired) electrons. The lowest BCUT2D eigenvalue weighted by molar-refractivity contribution is 0.101. The summed E-state index contributed by atoms with van der Waals surface area (Å²) in [6.45, 7) is 1.91. The smallest absolute Gasteiger partial charge is 0.219 e. The van der Waals surface area contributed by atoms with Gasteiger partial charge in [-0.1, -0.05) is 6.07 Å². The summed E-state index contributed by atoms with van der Waals surface area (Å²) in [6, 6.07) is 16.2. The summed E-state index contributed by atoms with van der Waals surface area (Å²) in [5, 5.41) is 12.4. The van der Waals surface area contributed by atoms with E-state index >= 15 is 0 Å². The quantitative estimate of drug-likeness (QED) is 0.644. The summed E-state index contributed by atoms with van der Waals surface area (Å²) in [5.74, 6) is 0.491. The number of Topliss-reactive ketones (excluding diaryl/α,β-unsaturated/α-hetero) is 1. The van der Waals surface area contributed by atoms with Crippen LogP contribution in [0.4, 0.5) is 10.1 Å². The second kappa shape index (κ2) is 8.11. The maximum atomic E-state index is 12.9. The molecule has 0 aliphatic carbocycles. The van der Waals surface area contributed by atoms with E-state index in [-0.39, 0.29) is 11.6 Å². The number of nitriles is 1. The van der Waals surface area contributed by atoms with E-state index in [0.29, 0.717) is 35.0 Å². The number of hydrogen-bond acceptors (Lipinski definition) is 5. The van der Waals surface area contributed by atoms with Gasteiger partial charge in [0.25, 0.3) is 0 Å². The van der Waals surface area contributed by atoms with E-state index in [9.17, 15) is 14.4 Å². The largest absolute Gasteiger partial charge is 0.439 e. The summed E-state index contributed by atoms with van der Waals surface area (Å²) < 4.78 is 18.5. The van der Waals surface area contributed by atoms with Crippen molar-refractivity contribution in [2.75, 3.05) is 5.32 Å². The zero-order valence-electron chi connectivity index (χ0n) is 14.6. The van der Waals surface area contributed by atoms with Gasteiger partial charge < -0.3 is 10.1 Å². The Kier molecular flexibility index (Phi) is 5.43. The number of carbonyl (C=O) groups excluding carboxylic acids is 1. The second-order valence-corrected chi connectivity index (χ2v) is 5.84. The number of aromatic nitrogens is 1. The van der Waals surface area contributed by atoms with Crippen molar-refractivity contribution in [2.24, 2.45) is 0 Å². The van der Waals surface area contributed by atoms with Gasteiger partial charge in [0.05, 0.1) is 11.3 Å². The predicted molar refractivity (Wildman–Crippen MR) is 99.2 cm³/mol. The normalized spacial score (nSPS) is 10.1. The first-order chi connectivity index (χ1) is 13.0. The molecule has 0 unspecified atom stereocenters. The number of nitrogens with zero attached hydrogens (tertiary/aromatic N) is 2. The molecule has 0 fully saturated rings. The van der Waals surface area contributed by atoms with Crippen molar-refractivity contribution < 1.29 is 13.9 Å². The van der Waals surface area contributed by atoms with E-state index in [0.717, 1.165) is 5.56 Å². The number of ketones is 1. The fourth-order valence-corrected chi connectivity index (χ4v) is 2.40. The third-order valence-corrected chi connectivity index (χ3v) is 3.86. The molecule has 6 heteroatoms. The molecule has 1 aromatic heterocycles. The van der Waals surface area contributed by atoms with Crippen LogP contribution >= 0.6 is 0 Å². The van der Waals surface area contributed by atoms with Crippen molar-refractivity contribution in [3.8, 4) is 17.7 Å². The zero-order chi connectivity index (χ0) is 19.2. The van der Waals surface area contributed by atoms with Gasteiger partial charge in [-0.3, -0.25) is 4.79 Å². The molecule has 3 rings (SSSR count). The fourth-order valence-electron chi connectivity index (χ4n) is 2.40. The molecule has 27 heavy (non-hydrogen) atoms. The first kappa shape index (κ1) is 18.1. The number of pyridine rings is 1. The lowest BCUT2D eigenvalue weighted by Crippen LogP contribution is -2.04. The van der Waals surface area contributed by atoms with E-state index in [1.165, 1.54) is 31.2 Å². The monoisotopic (exact) mass is 361 g/mol. The van der Waals surface area contributed by atoms with Gasteiger partial charge in [-0.25, -0.2) is 9.37 Å². The van der Waals surface area contributed by atoms with Gasteiger partial charge in [-0.15, -0.1) is 0 Å². The topological polar surface area (TPSA) is 75.0 Å². The van der Waals surface area contributed by atoms with Crippen LogP contribution in [0.3, 0.4) is 0 Å². The molecule has 0 atom stereocenters. The maximum Gasteiger partial charge on any atom is 0.219 e. The van der Waals surface area contributed by atoms with Crippen LogP contribution in [-0.4, -0.2) is 10.8 Å². The Morgan fingerprint density at radius 1 is 1.19 bits per heavy atom. The summed E-state index contributed by atoms with van der Waals surface area (Å²) in [6.07, 6.45) is 1.65. The Bertz CT molecular complexity index is 993. The lowest BCUT2D eigenvalue weighted by Gasteiger charge is -2.10. The molecular formula is C21H16FN3O2. The Morgan fingerprint density at radius 2 is 1.96 bits per heavy atom. The zero-order valence-corrected chi connectivity index (χ0v) is 14.6. The van der Waals surface area contributed by atoms with Gasteiger partial charge in [0.2, 0.25) is 5.88 Å². The van der Waals surface area contributed by atoms with Crippen LogP contribution in [0.2, 0.25) is 0 Å². The third kappa shape index (κ3) is 4.67. The number of benzene rings is 2. The van der Waals surface area contributed by atoms with Crippen LogP contribution in [-0.2, 0) is 6.54 Å². The Morgan fingerprint density at radius 3 is 2.59 bits per heavy atom. The first-order valence-electron chi connectivity index (χ1n) is 8.22. The Balaban J connectivity index is 1.67. The summed E-state index contributed by atoms with van der Waals surface area (Å²) in [4.78, 5) is 15.7. The molecule has 0 saturated carbocycles. The van der Waals surface area contributed by atoms with E-state index in [1.807, 2.05) is 6.07 Å². The van der Waals surface area contributed by atoms with Gasteiger partial charge in [-0.05, 0) is 55.0 Å². The predicted octanol–water partition coefficient (Wildman–Crippen LogP) is 4.70. The minimum Gasteiger partial charge on any atom is -0.439 e. The number of carbonyl (C=O) groups is 1. The molecule has 1 N–H and O–H groups in total. The minimum atomic E-state index is -0.331. The second-order valence-electron chi connectivity index (χ2n) is 5.84. The molecule has 134 valence electrons. The summed E-state index contributed by atoms with van der Waals surface area (Å²) in [5.41, 5.74) is 2.47. The minimum absolute atomic E-state index is 0.0634. The van der Waals surface area contributed by atoms with Crippen LogP contribution in [0, 0.1) is 17.1 Å². The van der Waals surface area contributed by atoms with Gasteiger partial charge in [0.15, 0.2) is 5.78 Å². The number of halogens is 1. The highest BCUT2D eigenvalue weighted by atomic mass is 19.1. The molecule has 2 aromatic carbocycles. The molecule has 3 aromatic rings. The van der Waals surface area contributed by atoms with Crippen LogP contribution < -0.4 is 10.1 Å². The number of anilines is 1. The van der Waals surface area contributed by atoms with E-state index in [1.54, 1.807) is 30.5 Å². The van der Waals surface area contributed by atoms with Gasteiger partial charge in [-0.2, -0.15) is 5.26 Å². The standard InChI is InChI=1S/C21H16FN3O2/c1-14(26)16-3-4-17(11-23)20(10-16)24-12-15-2-9-21(25-13-15)27-19-7-5-18(22)6-8-19/h2-10,13,24H,12H2,1H3. The first-order valence-corrected chi connectivity index (χ1v) is 8.22. The summed E-state index contributed by atoms with van der Waals surface area (Å²) in [7, 11) is 0. The lowest BCUT2D eigenvalue weighted by atomic mass is 10.1. The molecule has 0 amide bonds. The Hall–Kier alpha value is -3.72. The van der Waals surface area contributed by atoms with Crippen LogP contribution in [0.15, 0.2) is 60.8 Å². The van der Waals surface area contributed by atoms with Crippen LogP contribution in [0.5, 0.6) is 11.6 Å². The van der Waals surface area contributed by atoms with Crippen molar-refractivity contribution in [1.29, 1.82) is 5.26 Å². The molecule has 0 aliphatic rings. The number of rotatable bonds is 6. The molecular weight excluding hydrogens is 345 g/mol. The molecule has 0 bridgehead atoms. The van der Waals surface area contributed by atoms with E-state index in [2.05, 4.69) is 16.4 Å². The maximum absolute atomic E-state index is 12.9. The molecule has 0 aliphatic heterocycles. The van der Waals surface area contributed by atoms with Crippen molar-refractivity contribution >= 4 is 11.5 Å². The molecule has 0 spiro atoms.